The van der Waals surface area contributed by atoms with Crippen LogP contribution in [0.1, 0.15) is 12.8 Å². The lowest BCUT2D eigenvalue weighted by molar-refractivity contribution is -0.143. The van der Waals surface area contributed by atoms with E-state index in [4.69, 9.17) is 9.84 Å². The molecule has 0 aromatic heterocycles. The number of rotatable bonds is 5. The smallest absolute Gasteiger partial charge is 0.329 e. The van der Waals surface area contributed by atoms with Gasteiger partial charge in [0.1, 0.15) is 6.61 Å². The Balaban J connectivity index is 2.09. The van der Waals surface area contributed by atoms with E-state index in [0.717, 1.165) is 19.4 Å². The molecule has 2 atom stereocenters. The van der Waals surface area contributed by atoms with Crippen molar-refractivity contribution in [3.8, 4) is 0 Å². The van der Waals surface area contributed by atoms with Crippen LogP contribution < -0.4 is 5.32 Å². The summed E-state index contributed by atoms with van der Waals surface area (Å²) >= 11 is 0. The minimum Gasteiger partial charge on any atom is -0.480 e. The van der Waals surface area contributed by atoms with Crippen molar-refractivity contribution in [1.29, 1.82) is 0 Å². The lowest BCUT2D eigenvalue weighted by atomic mass is 10.1. The van der Waals surface area contributed by atoms with E-state index in [-0.39, 0.29) is 19.3 Å². The van der Waals surface area contributed by atoms with Crippen LogP contribution >= 0.6 is 0 Å². The maximum Gasteiger partial charge on any atom is 0.329 e. The Morgan fingerprint density at radius 1 is 1.69 bits per heavy atom. The molecule has 0 radical (unpaired) electrons. The number of hydrogen-bond donors (Lipinski definition) is 3. The molecule has 0 aromatic rings. The maximum absolute atomic E-state index is 10.1. The highest BCUT2D eigenvalue weighted by Gasteiger charge is 2.22. The van der Waals surface area contributed by atoms with Crippen molar-refractivity contribution in [2.24, 2.45) is 0 Å². The van der Waals surface area contributed by atoms with Gasteiger partial charge in [-0.15, -0.1) is 0 Å². The molecule has 3 N–H and O–H groups in total. The molecule has 13 heavy (non-hydrogen) atoms. The SMILES string of the molecule is O=C(O)COC[C@H](O)[C@@H]1CCCN1. The number of aliphatic carboxylic acids is 1. The van der Waals surface area contributed by atoms with E-state index in [1.807, 2.05) is 0 Å². The van der Waals surface area contributed by atoms with E-state index in [9.17, 15) is 9.90 Å². The quantitative estimate of drug-likeness (QED) is 0.527. The first kappa shape index (κ1) is 10.4. The van der Waals surface area contributed by atoms with Crippen molar-refractivity contribution in [2.75, 3.05) is 19.8 Å². The molecule has 1 rings (SSSR count). The average Bonchev–Trinajstić information content (AvgIpc) is 2.55. The van der Waals surface area contributed by atoms with Gasteiger partial charge in [-0.3, -0.25) is 0 Å². The highest BCUT2D eigenvalue weighted by Crippen LogP contribution is 2.09. The Kier molecular flexibility index (Phi) is 4.14. The molecule has 0 aliphatic carbocycles. The topological polar surface area (TPSA) is 78.8 Å². The summed E-state index contributed by atoms with van der Waals surface area (Å²) in [4.78, 5) is 10.1. The minimum atomic E-state index is -1.01. The van der Waals surface area contributed by atoms with Crippen LogP contribution in [0.15, 0.2) is 0 Å². The number of aliphatic hydroxyl groups is 1. The zero-order chi connectivity index (χ0) is 9.68. The minimum absolute atomic E-state index is 0.0637. The number of ether oxygens (including phenoxy) is 1. The Hall–Kier alpha value is -0.650. The predicted octanol–water partition coefficient (Wildman–Crippen LogP) is -0.800. The summed E-state index contributed by atoms with van der Waals surface area (Å²) in [7, 11) is 0. The van der Waals surface area contributed by atoms with E-state index in [1.54, 1.807) is 0 Å². The second kappa shape index (κ2) is 5.16. The molecular formula is C8H15NO4. The second-order valence-electron chi connectivity index (χ2n) is 3.18. The van der Waals surface area contributed by atoms with Gasteiger partial charge in [0.15, 0.2) is 0 Å². The van der Waals surface area contributed by atoms with Crippen LogP contribution in [0.25, 0.3) is 0 Å². The lowest BCUT2D eigenvalue weighted by Gasteiger charge is -2.17. The molecule has 0 amide bonds. The number of nitrogens with one attached hydrogen (secondary N) is 1. The van der Waals surface area contributed by atoms with Gasteiger partial charge in [-0.05, 0) is 19.4 Å². The van der Waals surface area contributed by atoms with Gasteiger partial charge in [0.05, 0.1) is 12.7 Å². The second-order valence-corrected chi connectivity index (χ2v) is 3.18. The third-order valence-electron chi connectivity index (χ3n) is 2.08. The molecule has 76 valence electrons. The molecule has 5 heteroatoms. The van der Waals surface area contributed by atoms with Crippen LogP contribution in [0.5, 0.6) is 0 Å². The Labute approximate surface area is 76.7 Å². The number of carboxylic acid groups (broad SMARTS) is 1. The van der Waals surface area contributed by atoms with Gasteiger partial charge in [-0.2, -0.15) is 0 Å². The number of carbonyl (C=O) groups is 1. The van der Waals surface area contributed by atoms with Gasteiger partial charge >= 0.3 is 5.97 Å². The molecule has 0 saturated carbocycles. The average molecular weight is 189 g/mol. The van der Waals surface area contributed by atoms with Crippen molar-refractivity contribution < 1.29 is 19.7 Å². The molecule has 0 aromatic carbocycles. The molecule has 0 bridgehead atoms. The third kappa shape index (κ3) is 3.71. The van der Waals surface area contributed by atoms with Crippen molar-refractivity contribution >= 4 is 5.97 Å². The zero-order valence-corrected chi connectivity index (χ0v) is 7.40. The van der Waals surface area contributed by atoms with Gasteiger partial charge in [-0.1, -0.05) is 0 Å². The van der Waals surface area contributed by atoms with E-state index in [1.165, 1.54) is 0 Å². The fourth-order valence-corrected chi connectivity index (χ4v) is 1.42. The molecule has 1 heterocycles. The van der Waals surface area contributed by atoms with E-state index < -0.39 is 12.1 Å². The van der Waals surface area contributed by atoms with Crippen molar-refractivity contribution in [2.45, 2.75) is 25.0 Å². The number of hydrogen-bond acceptors (Lipinski definition) is 4. The van der Waals surface area contributed by atoms with Crippen LogP contribution in [-0.4, -0.2) is 48.1 Å². The first-order chi connectivity index (χ1) is 6.20. The van der Waals surface area contributed by atoms with Gasteiger partial charge in [0.2, 0.25) is 0 Å². The van der Waals surface area contributed by atoms with Gasteiger partial charge in [0, 0.05) is 6.04 Å². The molecule has 1 fully saturated rings. The molecular weight excluding hydrogens is 174 g/mol. The molecule has 1 saturated heterocycles. The standard InChI is InChI=1S/C8H15NO4/c10-7(4-13-5-8(11)12)6-2-1-3-9-6/h6-7,9-10H,1-5H2,(H,11,12)/t6-,7-/m0/s1. The Bertz CT molecular complexity index is 168. The highest BCUT2D eigenvalue weighted by molar-refractivity contribution is 5.67. The first-order valence-electron chi connectivity index (χ1n) is 4.41. The fourth-order valence-electron chi connectivity index (χ4n) is 1.42. The fraction of sp³-hybridized carbons (Fsp3) is 0.875. The predicted molar refractivity (Wildman–Crippen MR) is 45.5 cm³/mol. The molecule has 1 aliphatic rings. The van der Waals surface area contributed by atoms with Crippen LogP contribution in [0.2, 0.25) is 0 Å². The van der Waals surface area contributed by atoms with E-state index >= 15 is 0 Å². The lowest BCUT2D eigenvalue weighted by Crippen LogP contribution is -2.38. The van der Waals surface area contributed by atoms with E-state index in [2.05, 4.69) is 5.32 Å². The highest BCUT2D eigenvalue weighted by atomic mass is 16.5. The summed E-state index contributed by atoms with van der Waals surface area (Å²) in [6.07, 6.45) is 1.39. The van der Waals surface area contributed by atoms with Crippen molar-refractivity contribution in [1.82, 2.24) is 5.32 Å². The number of carboxylic acids is 1. The van der Waals surface area contributed by atoms with Gasteiger partial charge in [0.25, 0.3) is 0 Å². The molecule has 0 unspecified atom stereocenters. The Morgan fingerprint density at radius 2 is 2.46 bits per heavy atom. The first-order valence-corrected chi connectivity index (χ1v) is 4.41. The van der Waals surface area contributed by atoms with Crippen LogP contribution in [0, 0.1) is 0 Å². The monoisotopic (exact) mass is 189 g/mol. The summed E-state index contributed by atoms with van der Waals surface area (Å²) in [6, 6.07) is 0.0637. The van der Waals surface area contributed by atoms with Crippen molar-refractivity contribution in [3.05, 3.63) is 0 Å². The summed E-state index contributed by atoms with van der Waals surface area (Å²) in [6.45, 7) is 0.661. The maximum atomic E-state index is 10.1. The summed E-state index contributed by atoms with van der Waals surface area (Å²) in [5.41, 5.74) is 0. The van der Waals surface area contributed by atoms with Crippen molar-refractivity contribution in [3.63, 3.8) is 0 Å². The number of aliphatic hydroxyl groups excluding tert-OH is 1. The zero-order valence-electron chi connectivity index (χ0n) is 7.40. The molecule has 5 nitrogen and oxygen atoms in total. The van der Waals surface area contributed by atoms with E-state index in [0.29, 0.717) is 0 Å². The largest absolute Gasteiger partial charge is 0.480 e. The third-order valence-corrected chi connectivity index (χ3v) is 2.08. The molecule has 1 aliphatic heterocycles. The van der Waals surface area contributed by atoms with Gasteiger partial charge < -0.3 is 20.3 Å². The summed E-state index contributed by atoms with van der Waals surface area (Å²) in [5, 5.41) is 20.9. The van der Waals surface area contributed by atoms with Crippen LogP contribution in [0.4, 0.5) is 0 Å². The normalized spacial score (nSPS) is 24.5. The Morgan fingerprint density at radius 3 is 3.00 bits per heavy atom. The summed E-state index contributed by atoms with van der Waals surface area (Å²) in [5.74, 6) is -1.01. The van der Waals surface area contributed by atoms with Crippen LogP contribution in [-0.2, 0) is 9.53 Å². The van der Waals surface area contributed by atoms with Crippen LogP contribution in [0.3, 0.4) is 0 Å². The molecule has 0 spiro atoms. The summed E-state index contributed by atoms with van der Waals surface area (Å²) < 4.78 is 4.78. The van der Waals surface area contributed by atoms with Gasteiger partial charge in [-0.25, -0.2) is 4.79 Å².